The zero-order chi connectivity index (χ0) is 18.7. The third-order valence-corrected chi connectivity index (χ3v) is 5.75. The Balaban J connectivity index is 2.17. The molecular weight excluding hydrogens is 352 g/mol. The predicted octanol–water partition coefficient (Wildman–Crippen LogP) is 1.91. The second-order valence-electron chi connectivity index (χ2n) is 6.11. The molecule has 1 N–H and O–H groups in total. The largest absolute Gasteiger partial charge is 0.395 e. The quantitative estimate of drug-likeness (QED) is 0.686. The highest BCUT2D eigenvalue weighted by Crippen LogP contribution is 2.28. The maximum Gasteiger partial charge on any atom is 0.332 e. The SMILES string of the molecule is COCc1sc2c(c1C)c(=O)n(CCO)c(=O)n2CCc1ccccc1. The maximum atomic E-state index is 12.9. The fourth-order valence-electron chi connectivity index (χ4n) is 3.09. The summed E-state index contributed by atoms with van der Waals surface area (Å²) in [6.45, 7) is 2.49. The molecule has 1 aromatic carbocycles. The summed E-state index contributed by atoms with van der Waals surface area (Å²) in [5.41, 5.74) is 1.25. The summed E-state index contributed by atoms with van der Waals surface area (Å²) in [5, 5.41) is 9.82. The third-order valence-electron chi connectivity index (χ3n) is 4.46. The molecule has 0 spiro atoms. The topological polar surface area (TPSA) is 73.5 Å². The molecule has 2 aromatic heterocycles. The van der Waals surface area contributed by atoms with Crippen LogP contribution in [-0.4, -0.2) is 28.0 Å². The second kappa shape index (κ2) is 7.99. The summed E-state index contributed by atoms with van der Waals surface area (Å²) in [4.78, 5) is 27.3. The number of methoxy groups -OCH3 is 1. The second-order valence-corrected chi connectivity index (χ2v) is 7.20. The van der Waals surface area contributed by atoms with Gasteiger partial charge in [0.25, 0.3) is 5.56 Å². The van der Waals surface area contributed by atoms with Crippen LogP contribution in [0.2, 0.25) is 0 Å². The van der Waals surface area contributed by atoms with Crippen LogP contribution in [0, 0.1) is 6.92 Å². The Kier molecular flexibility index (Phi) is 5.70. The van der Waals surface area contributed by atoms with Gasteiger partial charge in [-0.3, -0.25) is 13.9 Å². The normalized spacial score (nSPS) is 11.3. The minimum atomic E-state index is -0.377. The van der Waals surface area contributed by atoms with Crippen LogP contribution in [0.1, 0.15) is 16.0 Å². The van der Waals surface area contributed by atoms with Gasteiger partial charge in [-0.05, 0) is 24.5 Å². The Morgan fingerprint density at radius 3 is 2.50 bits per heavy atom. The van der Waals surface area contributed by atoms with Crippen LogP contribution < -0.4 is 11.2 Å². The molecule has 138 valence electrons. The monoisotopic (exact) mass is 374 g/mol. The summed E-state index contributed by atoms with van der Waals surface area (Å²) in [7, 11) is 1.61. The summed E-state index contributed by atoms with van der Waals surface area (Å²) in [6, 6.07) is 9.91. The van der Waals surface area contributed by atoms with Crippen LogP contribution in [0.15, 0.2) is 39.9 Å². The molecule has 26 heavy (non-hydrogen) atoms. The van der Waals surface area contributed by atoms with Crippen LogP contribution >= 0.6 is 11.3 Å². The lowest BCUT2D eigenvalue weighted by molar-refractivity contribution is 0.187. The fraction of sp³-hybridized carbons (Fsp3) is 0.368. The van der Waals surface area contributed by atoms with Gasteiger partial charge in [-0.15, -0.1) is 11.3 Å². The van der Waals surface area contributed by atoms with Gasteiger partial charge >= 0.3 is 5.69 Å². The van der Waals surface area contributed by atoms with E-state index >= 15 is 0 Å². The van der Waals surface area contributed by atoms with Crippen molar-refractivity contribution in [2.24, 2.45) is 0 Å². The molecular formula is C19H22N2O4S. The first-order chi connectivity index (χ1) is 12.6. The molecule has 0 amide bonds. The highest BCUT2D eigenvalue weighted by atomic mass is 32.1. The van der Waals surface area contributed by atoms with Gasteiger partial charge in [-0.1, -0.05) is 30.3 Å². The highest BCUT2D eigenvalue weighted by Gasteiger charge is 2.19. The van der Waals surface area contributed by atoms with Gasteiger partial charge in [0, 0.05) is 18.5 Å². The smallest absolute Gasteiger partial charge is 0.332 e. The Morgan fingerprint density at radius 2 is 1.85 bits per heavy atom. The molecule has 0 aliphatic carbocycles. The number of nitrogens with zero attached hydrogens (tertiary/aromatic N) is 2. The average Bonchev–Trinajstić information content (AvgIpc) is 2.96. The first-order valence-corrected chi connectivity index (χ1v) is 9.29. The van der Waals surface area contributed by atoms with E-state index in [0.29, 0.717) is 29.8 Å². The number of hydrogen-bond acceptors (Lipinski definition) is 5. The molecule has 0 fully saturated rings. The van der Waals surface area contributed by atoms with E-state index in [2.05, 4.69) is 0 Å². The number of thiophene rings is 1. The first kappa shape index (κ1) is 18.6. The minimum absolute atomic E-state index is 0.00611. The molecule has 0 aliphatic heterocycles. The fourth-order valence-corrected chi connectivity index (χ4v) is 4.38. The van der Waals surface area contributed by atoms with Crippen molar-refractivity contribution in [1.29, 1.82) is 0 Å². The molecule has 0 radical (unpaired) electrons. The molecule has 0 unspecified atom stereocenters. The van der Waals surface area contributed by atoms with Crippen LogP contribution in [0.3, 0.4) is 0 Å². The lowest BCUT2D eigenvalue weighted by atomic mass is 10.1. The number of hydrogen-bond donors (Lipinski definition) is 1. The zero-order valence-electron chi connectivity index (χ0n) is 14.9. The molecule has 7 heteroatoms. The molecule has 3 rings (SSSR count). The summed E-state index contributed by atoms with van der Waals surface area (Å²) in [6.07, 6.45) is 0.684. The zero-order valence-corrected chi connectivity index (χ0v) is 15.7. The lowest BCUT2D eigenvalue weighted by Crippen LogP contribution is -2.40. The van der Waals surface area contributed by atoms with E-state index in [4.69, 9.17) is 4.74 Å². The Morgan fingerprint density at radius 1 is 1.12 bits per heavy atom. The Bertz CT molecular complexity index is 1020. The van der Waals surface area contributed by atoms with Gasteiger partial charge in [0.05, 0.1) is 25.1 Å². The number of aryl methyl sites for hydroxylation is 3. The van der Waals surface area contributed by atoms with Gasteiger partial charge < -0.3 is 9.84 Å². The highest BCUT2D eigenvalue weighted by molar-refractivity contribution is 7.18. The van der Waals surface area contributed by atoms with E-state index in [1.54, 1.807) is 11.7 Å². The number of aliphatic hydroxyl groups excluding tert-OH is 1. The van der Waals surface area contributed by atoms with Crippen molar-refractivity contribution < 1.29 is 9.84 Å². The van der Waals surface area contributed by atoms with Crippen molar-refractivity contribution in [3.05, 3.63) is 67.2 Å². The van der Waals surface area contributed by atoms with E-state index in [1.165, 1.54) is 11.3 Å². The van der Waals surface area contributed by atoms with Crippen molar-refractivity contribution >= 4 is 21.6 Å². The minimum Gasteiger partial charge on any atom is -0.395 e. The van der Waals surface area contributed by atoms with Crippen LogP contribution in [0.25, 0.3) is 10.2 Å². The summed E-state index contributed by atoms with van der Waals surface area (Å²) < 4.78 is 8.01. The Labute approximate surface area is 154 Å². The predicted molar refractivity (Wildman–Crippen MR) is 103 cm³/mol. The first-order valence-electron chi connectivity index (χ1n) is 8.47. The third kappa shape index (κ3) is 3.38. The number of ether oxygens (including phenoxy) is 1. The summed E-state index contributed by atoms with van der Waals surface area (Å²) >= 11 is 1.43. The van der Waals surface area contributed by atoms with Gasteiger partial charge in [-0.25, -0.2) is 4.79 Å². The molecule has 6 nitrogen and oxygen atoms in total. The van der Waals surface area contributed by atoms with Crippen LogP contribution in [-0.2, 0) is 30.9 Å². The van der Waals surface area contributed by atoms with E-state index < -0.39 is 0 Å². The van der Waals surface area contributed by atoms with Crippen molar-refractivity contribution in [2.45, 2.75) is 33.0 Å². The lowest BCUT2D eigenvalue weighted by Gasteiger charge is -2.11. The van der Waals surface area contributed by atoms with Crippen molar-refractivity contribution in [2.75, 3.05) is 13.7 Å². The number of rotatable bonds is 7. The molecule has 0 bridgehead atoms. The molecule has 3 aromatic rings. The molecule has 0 atom stereocenters. The van der Waals surface area contributed by atoms with Crippen LogP contribution in [0.5, 0.6) is 0 Å². The number of aliphatic hydroxyl groups is 1. The van der Waals surface area contributed by atoms with Gasteiger partial charge in [0.15, 0.2) is 0 Å². The number of benzene rings is 1. The van der Waals surface area contributed by atoms with E-state index in [1.807, 2.05) is 37.3 Å². The maximum absolute atomic E-state index is 12.9. The van der Waals surface area contributed by atoms with Crippen molar-refractivity contribution in [3.8, 4) is 0 Å². The van der Waals surface area contributed by atoms with Gasteiger partial charge in [-0.2, -0.15) is 0 Å². The number of aromatic nitrogens is 2. The molecule has 0 saturated heterocycles. The standard InChI is InChI=1S/C19H22N2O4S/c1-13-15(12-25-2)26-18-16(13)17(23)20(10-11-22)19(24)21(18)9-8-14-6-4-3-5-7-14/h3-7,22H,8-12H2,1-2H3. The molecule has 0 saturated carbocycles. The molecule has 0 aliphatic rings. The van der Waals surface area contributed by atoms with Gasteiger partial charge in [0.2, 0.25) is 0 Å². The Hall–Kier alpha value is -2.22. The van der Waals surface area contributed by atoms with Crippen molar-refractivity contribution in [1.82, 2.24) is 9.13 Å². The van der Waals surface area contributed by atoms with Crippen LogP contribution in [0.4, 0.5) is 0 Å². The molecule has 2 heterocycles. The van der Waals surface area contributed by atoms with Crippen molar-refractivity contribution in [3.63, 3.8) is 0 Å². The number of fused-ring (bicyclic) bond motifs is 1. The average molecular weight is 374 g/mol. The van der Waals surface area contributed by atoms with E-state index in [9.17, 15) is 14.7 Å². The summed E-state index contributed by atoms with van der Waals surface area (Å²) in [5.74, 6) is 0. The van der Waals surface area contributed by atoms with Gasteiger partial charge in [0.1, 0.15) is 4.83 Å². The van der Waals surface area contributed by atoms with E-state index in [-0.39, 0.29) is 24.4 Å². The van der Waals surface area contributed by atoms with E-state index in [0.717, 1.165) is 20.6 Å².